The van der Waals surface area contributed by atoms with Crippen LogP contribution in [0.15, 0.2) is 31.2 Å². The minimum Gasteiger partial charge on any atom is -0.305 e. The Balaban J connectivity index is 2.53. The molecule has 1 rings (SSSR count). The summed E-state index contributed by atoms with van der Waals surface area (Å²) in [6.45, 7) is 6.47. The van der Waals surface area contributed by atoms with Crippen LogP contribution in [0, 0.1) is 0 Å². The van der Waals surface area contributed by atoms with Crippen LogP contribution in [0.3, 0.4) is 0 Å². The summed E-state index contributed by atoms with van der Waals surface area (Å²) in [5.41, 5.74) is 0.958. The van der Waals surface area contributed by atoms with Crippen LogP contribution in [0.2, 0.25) is 0 Å². The highest BCUT2D eigenvalue weighted by Gasteiger charge is 2.03. The Bertz CT molecular complexity index is 233. The van der Waals surface area contributed by atoms with Crippen LogP contribution in [-0.2, 0) is 0 Å². The van der Waals surface area contributed by atoms with E-state index in [4.69, 9.17) is 0 Å². The number of rotatable bonds is 4. The number of hydrogen-bond donors (Lipinski definition) is 1. The highest BCUT2D eigenvalue weighted by atomic mass is 14.9. The summed E-state index contributed by atoms with van der Waals surface area (Å²) < 4.78 is 0. The van der Waals surface area contributed by atoms with Crippen LogP contribution in [-0.4, -0.2) is 16.5 Å². The molecule has 64 valence electrons. The molecule has 1 N–H and O–H groups in total. The molecule has 0 radical (unpaired) electrons. The molecule has 1 aromatic rings. The van der Waals surface area contributed by atoms with Gasteiger partial charge in [-0.1, -0.05) is 6.08 Å². The lowest BCUT2D eigenvalue weighted by atomic mass is 10.2. The van der Waals surface area contributed by atoms with Gasteiger partial charge in [0.15, 0.2) is 0 Å². The molecule has 0 spiro atoms. The second kappa shape index (κ2) is 4.62. The van der Waals surface area contributed by atoms with Crippen LogP contribution in [0.4, 0.5) is 0 Å². The van der Waals surface area contributed by atoms with E-state index in [1.807, 2.05) is 13.0 Å². The van der Waals surface area contributed by atoms with E-state index in [9.17, 15) is 0 Å². The van der Waals surface area contributed by atoms with E-state index in [-0.39, 0.29) is 6.04 Å². The van der Waals surface area contributed by atoms with Crippen molar-refractivity contribution in [3.63, 3.8) is 0 Å². The summed E-state index contributed by atoms with van der Waals surface area (Å²) in [5, 5.41) is 3.23. The molecule has 1 aromatic heterocycles. The van der Waals surface area contributed by atoms with Gasteiger partial charge in [-0.15, -0.1) is 6.58 Å². The molecular formula is C9H13N3. The topological polar surface area (TPSA) is 37.8 Å². The maximum Gasteiger partial charge on any atom is 0.0753 e. The van der Waals surface area contributed by atoms with Crippen molar-refractivity contribution >= 4 is 0 Å². The van der Waals surface area contributed by atoms with Gasteiger partial charge in [-0.2, -0.15) is 0 Å². The predicted molar refractivity (Wildman–Crippen MR) is 48.6 cm³/mol. The molecule has 0 saturated heterocycles. The minimum absolute atomic E-state index is 0.233. The lowest BCUT2D eigenvalue weighted by Gasteiger charge is -2.09. The molecule has 12 heavy (non-hydrogen) atoms. The molecule has 3 nitrogen and oxygen atoms in total. The van der Waals surface area contributed by atoms with Gasteiger partial charge >= 0.3 is 0 Å². The maximum atomic E-state index is 4.17. The molecule has 1 unspecified atom stereocenters. The van der Waals surface area contributed by atoms with Crippen LogP contribution in [0.5, 0.6) is 0 Å². The molecule has 0 aliphatic carbocycles. The number of nitrogens with one attached hydrogen (secondary N) is 1. The Morgan fingerprint density at radius 1 is 1.67 bits per heavy atom. The second-order valence-electron chi connectivity index (χ2n) is 2.55. The standard InChI is InChI=1S/C9H13N3/c1-3-4-11-8(2)9-7-10-5-6-12-9/h3,5-8,11H,1,4H2,2H3. The van der Waals surface area contributed by atoms with Crippen molar-refractivity contribution in [3.05, 3.63) is 36.9 Å². The zero-order valence-corrected chi connectivity index (χ0v) is 7.20. The number of hydrogen-bond acceptors (Lipinski definition) is 3. The van der Waals surface area contributed by atoms with Crippen molar-refractivity contribution in [3.8, 4) is 0 Å². The van der Waals surface area contributed by atoms with Crippen molar-refractivity contribution in [2.75, 3.05) is 6.54 Å². The number of aromatic nitrogens is 2. The zero-order valence-electron chi connectivity index (χ0n) is 7.20. The summed E-state index contributed by atoms with van der Waals surface area (Å²) in [4.78, 5) is 8.16. The van der Waals surface area contributed by atoms with Crippen molar-refractivity contribution in [1.82, 2.24) is 15.3 Å². The molecule has 0 bridgehead atoms. The normalized spacial score (nSPS) is 12.4. The van der Waals surface area contributed by atoms with E-state index >= 15 is 0 Å². The van der Waals surface area contributed by atoms with E-state index in [0.717, 1.165) is 12.2 Å². The first kappa shape index (κ1) is 8.87. The van der Waals surface area contributed by atoms with Gasteiger partial charge in [-0.25, -0.2) is 0 Å². The monoisotopic (exact) mass is 163 g/mol. The van der Waals surface area contributed by atoms with Gasteiger partial charge in [0.1, 0.15) is 0 Å². The summed E-state index contributed by atoms with van der Waals surface area (Å²) in [7, 11) is 0. The smallest absolute Gasteiger partial charge is 0.0753 e. The zero-order chi connectivity index (χ0) is 8.81. The van der Waals surface area contributed by atoms with E-state index in [1.54, 1.807) is 18.6 Å². The molecule has 1 heterocycles. The van der Waals surface area contributed by atoms with Crippen molar-refractivity contribution < 1.29 is 0 Å². The van der Waals surface area contributed by atoms with Crippen LogP contribution < -0.4 is 5.32 Å². The molecule has 3 heteroatoms. The fraction of sp³-hybridized carbons (Fsp3) is 0.333. The third-order valence-corrected chi connectivity index (χ3v) is 1.60. The Morgan fingerprint density at radius 2 is 2.50 bits per heavy atom. The van der Waals surface area contributed by atoms with Crippen LogP contribution in [0.1, 0.15) is 18.7 Å². The fourth-order valence-electron chi connectivity index (χ4n) is 0.899. The fourth-order valence-corrected chi connectivity index (χ4v) is 0.899. The Hall–Kier alpha value is -1.22. The first-order valence-electron chi connectivity index (χ1n) is 3.94. The van der Waals surface area contributed by atoms with E-state index < -0.39 is 0 Å². The van der Waals surface area contributed by atoms with Crippen molar-refractivity contribution in [2.45, 2.75) is 13.0 Å². The maximum absolute atomic E-state index is 4.17. The van der Waals surface area contributed by atoms with Gasteiger partial charge in [0.25, 0.3) is 0 Å². The largest absolute Gasteiger partial charge is 0.305 e. The Morgan fingerprint density at radius 3 is 3.08 bits per heavy atom. The Kier molecular flexibility index (Phi) is 3.41. The van der Waals surface area contributed by atoms with Gasteiger partial charge in [0.05, 0.1) is 5.69 Å². The predicted octanol–water partition coefficient (Wildman–Crippen LogP) is 1.31. The molecular weight excluding hydrogens is 150 g/mol. The first-order valence-corrected chi connectivity index (χ1v) is 3.94. The summed E-state index contributed by atoms with van der Waals surface area (Å²) in [5.74, 6) is 0. The van der Waals surface area contributed by atoms with Gasteiger partial charge in [-0.3, -0.25) is 9.97 Å². The van der Waals surface area contributed by atoms with Gasteiger partial charge < -0.3 is 5.32 Å². The first-order chi connectivity index (χ1) is 5.84. The highest BCUT2D eigenvalue weighted by Crippen LogP contribution is 2.05. The molecule has 1 atom stereocenters. The molecule has 0 aliphatic rings. The van der Waals surface area contributed by atoms with E-state index in [1.165, 1.54) is 0 Å². The summed E-state index contributed by atoms with van der Waals surface area (Å²) >= 11 is 0. The Labute approximate surface area is 72.6 Å². The number of nitrogens with zero attached hydrogens (tertiary/aromatic N) is 2. The van der Waals surface area contributed by atoms with Crippen LogP contribution in [0.25, 0.3) is 0 Å². The second-order valence-corrected chi connectivity index (χ2v) is 2.55. The third kappa shape index (κ3) is 2.43. The lowest BCUT2D eigenvalue weighted by molar-refractivity contribution is 0.598. The molecule has 0 fully saturated rings. The van der Waals surface area contributed by atoms with Crippen molar-refractivity contribution in [1.29, 1.82) is 0 Å². The van der Waals surface area contributed by atoms with E-state index in [2.05, 4.69) is 21.9 Å². The molecule has 0 amide bonds. The minimum atomic E-state index is 0.233. The highest BCUT2D eigenvalue weighted by molar-refractivity contribution is 5.00. The average Bonchev–Trinajstić information content (AvgIpc) is 2.15. The quantitative estimate of drug-likeness (QED) is 0.680. The van der Waals surface area contributed by atoms with Gasteiger partial charge in [0, 0.05) is 31.2 Å². The van der Waals surface area contributed by atoms with Crippen LogP contribution >= 0.6 is 0 Å². The molecule has 0 saturated carbocycles. The average molecular weight is 163 g/mol. The third-order valence-electron chi connectivity index (χ3n) is 1.60. The SMILES string of the molecule is C=CCNC(C)c1cnccn1. The van der Waals surface area contributed by atoms with E-state index in [0.29, 0.717) is 0 Å². The van der Waals surface area contributed by atoms with Gasteiger partial charge in [-0.05, 0) is 6.92 Å². The van der Waals surface area contributed by atoms with Crippen molar-refractivity contribution in [2.24, 2.45) is 0 Å². The summed E-state index contributed by atoms with van der Waals surface area (Å²) in [6, 6.07) is 0.233. The summed E-state index contributed by atoms with van der Waals surface area (Å²) in [6.07, 6.45) is 6.96. The molecule has 0 aromatic carbocycles. The lowest BCUT2D eigenvalue weighted by Crippen LogP contribution is -2.19. The van der Waals surface area contributed by atoms with Gasteiger partial charge in [0.2, 0.25) is 0 Å². The molecule has 0 aliphatic heterocycles.